The lowest BCUT2D eigenvalue weighted by molar-refractivity contribution is -0.0307. The summed E-state index contributed by atoms with van der Waals surface area (Å²) in [7, 11) is 1.78. The van der Waals surface area contributed by atoms with Gasteiger partial charge in [-0.1, -0.05) is 13.8 Å². The van der Waals surface area contributed by atoms with Crippen molar-refractivity contribution >= 4 is 0 Å². The van der Waals surface area contributed by atoms with Gasteiger partial charge in [0.2, 0.25) is 0 Å². The molecule has 2 unspecified atom stereocenters. The second kappa shape index (κ2) is 5.68. The van der Waals surface area contributed by atoms with Gasteiger partial charge in [0.1, 0.15) is 0 Å². The quantitative estimate of drug-likeness (QED) is 0.822. The molecule has 0 aromatic carbocycles. The molecule has 3 nitrogen and oxygen atoms in total. The molecule has 1 aliphatic heterocycles. The van der Waals surface area contributed by atoms with Gasteiger partial charge < -0.3 is 10.5 Å². The van der Waals surface area contributed by atoms with Gasteiger partial charge >= 0.3 is 0 Å². The van der Waals surface area contributed by atoms with Gasteiger partial charge in [0.05, 0.1) is 11.6 Å². The van der Waals surface area contributed by atoms with Crippen molar-refractivity contribution in [3.63, 3.8) is 0 Å². The molecule has 2 atom stereocenters. The van der Waals surface area contributed by atoms with E-state index in [2.05, 4.69) is 32.6 Å². The zero-order valence-corrected chi connectivity index (χ0v) is 12.3. The van der Waals surface area contributed by atoms with Gasteiger partial charge in [-0.15, -0.1) is 0 Å². The van der Waals surface area contributed by atoms with Crippen molar-refractivity contribution in [3.05, 3.63) is 0 Å². The van der Waals surface area contributed by atoms with E-state index in [1.165, 1.54) is 19.3 Å². The SMILES string of the molecule is COC(C)C(C)(CN)N1CCCC(C)(C)CC1. The van der Waals surface area contributed by atoms with Gasteiger partial charge in [-0.25, -0.2) is 0 Å². The summed E-state index contributed by atoms with van der Waals surface area (Å²) in [6.07, 6.45) is 4.00. The Balaban J connectivity index is 2.76. The maximum Gasteiger partial charge on any atom is 0.0736 e. The molecule has 0 aromatic rings. The van der Waals surface area contributed by atoms with Crippen LogP contribution in [0.4, 0.5) is 0 Å². The lowest BCUT2D eigenvalue weighted by Gasteiger charge is -2.44. The number of nitrogens with two attached hydrogens (primary N) is 1. The van der Waals surface area contributed by atoms with Crippen molar-refractivity contribution in [2.24, 2.45) is 11.1 Å². The number of ether oxygens (including phenoxy) is 1. The normalized spacial score (nSPS) is 27.2. The molecule has 0 bridgehead atoms. The van der Waals surface area contributed by atoms with E-state index in [1.807, 2.05) is 0 Å². The molecule has 0 saturated carbocycles. The molecule has 1 aliphatic rings. The van der Waals surface area contributed by atoms with Crippen molar-refractivity contribution in [2.45, 2.75) is 58.6 Å². The van der Waals surface area contributed by atoms with Gasteiger partial charge in [0, 0.05) is 13.7 Å². The summed E-state index contributed by atoms with van der Waals surface area (Å²) in [5.74, 6) is 0. The molecule has 102 valence electrons. The average molecular weight is 242 g/mol. The molecule has 0 amide bonds. The first-order valence-corrected chi connectivity index (χ1v) is 6.83. The third-order valence-electron chi connectivity index (χ3n) is 4.71. The van der Waals surface area contributed by atoms with Crippen LogP contribution in [0.3, 0.4) is 0 Å². The zero-order valence-electron chi connectivity index (χ0n) is 12.3. The number of hydrogen-bond donors (Lipinski definition) is 1. The van der Waals surface area contributed by atoms with Crippen molar-refractivity contribution < 1.29 is 4.74 Å². The minimum absolute atomic E-state index is 0.0326. The Morgan fingerprint density at radius 1 is 1.35 bits per heavy atom. The van der Waals surface area contributed by atoms with E-state index >= 15 is 0 Å². The largest absolute Gasteiger partial charge is 0.380 e. The van der Waals surface area contributed by atoms with Crippen LogP contribution < -0.4 is 5.73 Å². The monoisotopic (exact) mass is 242 g/mol. The third-order valence-corrected chi connectivity index (χ3v) is 4.71. The Kier molecular flexibility index (Phi) is 4.99. The predicted octanol–water partition coefficient (Wildman–Crippen LogP) is 2.25. The summed E-state index contributed by atoms with van der Waals surface area (Å²) < 4.78 is 5.53. The maximum atomic E-state index is 6.01. The Morgan fingerprint density at radius 2 is 2.00 bits per heavy atom. The second-order valence-electron chi connectivity index (χ2n) is 6.44. The molecular weight excluding hydrogens is 212 g/mol. The molecule has 2 N–H and O–H groups in total. The Hall–Kier alpha value is -0.120. The second-order valence-corrected chi connectivity index (χ2v) is 6.44. The fourth-order valence-electron chi connectivity index (χ4n) is 2.74. The van der Waals surface area contributed by atoms with Crippen LogP contribution in [0.25, 0.3) is 0 Å². The fourth-order valence-corrected chi connectivity index (χ4v) is 2.74. The van der Waals surface area contributed by atoms with E-state index in [-0.39, 0.29) is 11.6 Å². The van der Waals surface area contributed by atoms with E-state index in [0.717, 1.165) is 13.1 Å². The van der Waals surface area contributed by atoms with Crippen molar-refractivity contribution in [2.75, 3.05) is 26.7 Å². The molecule has 0 aliphatic carbocycles. The highest BCUT2D eigenvalue weighted by molar-refractivity contribution is 4.94. The highest BCUT2D eigenvalue weighted by Crippen LogP contribution is 2.33. The number of hydrogen-bond acceptors (Lipinski definition) is 3. The van der Waals surface area contributed by atoms with Gasteiger partial charge in [-0.05, 0) is 51.6 Å². The van der Waals surface area contributed by atoms with Crippen LogP contribution >= 0.6 is 0 Å². The molecule has 1 fully saturated rings. The Labute approximate surface area is 107 Å². The van der Waals surface area contributed by atoms with Crippen molar-refractivity contribution in [1.29, 1.82) is 0 Å². The number of methoxy groups -OCH3 is 1. The summed E-state index contributed by atoms with van der Waals surface area (Å²) in [4.78, 5) is 2.54. The smallest absolute Gasteiger partial charge is 0.0736 e. The van der Waals surface area contributed by atoms with Crippen LogP contribution in [-0.4, -0.2) is 43.3 Å². The van der Waals surface area contributed by atoms with E-state index in [0.29, 0.717) is 12.0 Å². The molecular formula is C14H30N2O. The number of rotatable bonds is 4. The molecule has 1 saturated heterocycles. The van der Waals surface area contributed by atoms with Crippen LogP contribution in [0.5, 0.6) is 0 Å². The standard InChI is InChI=1S/C14H30N2O/c1-12(17-5)14(4,11-15)16-9-6-7-13(2,3)8-10-16/h12H,6-11,15H2,1-5H3. The minimum Gasteiger partial charge on any atom is -0.380 e. The summed E-state index contributed by atoms with van der Waals surface area (Å²) >= 11 is 0. The summed E-state index contributed by atoms with van der Waals surface area (Å²) in [6, 6.07) is 0. The summed E-state index contributed by atoms with van der Waals surface area (Å²) in [5.41, 5.74) is 6.45. The van der Waals surface area contributed by atoms with Gasteiger partial charge in [0.25, 0.3) is 0 Å². The van der Waals surface area contributed by atoms with E-state index in [9.17, 15) is 0 Å². The molecule has 0 spiro atoms. The highest BCUT2D eigenvalue weighted by atomic mass is 16.5. The van der Waals surface area contributed by atoms with Crippen molar-refractivity contribution in [1.82, 2.24) is 4.90 Å². The minimum atomic E-state index is -0.0326. The molecule has 0 aromatic heterocycles. The van der Waals surface area contributed by atoms with Crippen LogP contribution in [0.15, 0.2) is 0 Å². The third kappa shape index (κ3) is 3.43. The van der Waals surface area contributed by atoms with Crippen molar-refractivity contribution in [3.8, 4) is 0 Å². The van der Waals surface area contributed by atoms with Gasteiger partial charge in [-0.3, -0.25) is 4.90 Å². The van der Waals surface area contributed by atoms with Crippen LogP contribution in [-0.2, 0) is 4.74 Å². The van der Waals surface area contributed by atoms with Gasteiger partial charge in [-0.2, -0.15) is 0 Å². The first kappa shape index (κ1) is 14.9. The first-order valence-electron chi connectivity index (χ1n) is 6.83. The zero-order chi connectivity index (χ0) is 13.1. The lowest BCUT2D eigenvalue weighted by atomic mass is 9.85. The molecule has 0 radical (unpaired) electrons. The molecule has 17 heavy (non-hydrogen) atoms. The fraction of sp³-hybridized carbons (Fsp3) is 1.00. The maximum absolute atomic E-state index is 6.01. The summed E-state index contributed by atoms with van der Waals surface area (Å²) in [6.45, 7) is 12.0. The predicted molar refractivity (Wildman–Crippen MR) is 73.1 cm³/mol. The number of nitrogens with zero attached hydrogens (tertiary/aromatic N) is 1. The van der Waals surface area contributed by atoms with E-state index in [4.69, 9.17) is 10.5 Å². The lowest BCUT2D eigenvalue weighted by Crippen LogP contribution is -2.59. The van der Waals surface area contributed by atoms with Crippen LogP contribution in [0.2, 0.25) is 0 Å². The molecule has 3 heteroatoms. The summed E-state index contributed by atoms with van der Waals surface area (Å²) in [5, 5.41) is 0. The van der Waals surface area contributed by atoms with E-state index in [1.54, 1.807) is 7.11 Å². The Bertz CT molecular complexity index is 242. The van der Waals surface area contributed by atoms with Crippen LogP contribution in [0, 0.1) is 5.41 Å². The average Bonchev–Trinajstić information content (AvgIpc) is 2.48. The first-order chi connectivity index (χ1) is 7.85. The van der Waals surface area contributed by atoms with Gasteiger partial charge in [0.15, 0.2) is 0 Å². The molecule has 1 rings (SSSR count). The van der Waals surface area contributed by atoms with E-state index < -0.39 is 0 Å². The highest BCUT2D eigenvalue weighted by Gasteiger charge is 2.38. The molecule has 1 heterocycles. The van der Waals surface area contributed by atoms with Crippen LogP contribution in [0.1, 0.15) is 47.0 Å². The number of likely N-dealkylation sites (tertiary alicyclic amines) is 1. The Morgan fingerprint density at radius 3 is 2.53 bits per heavy atom. The topological polar surface area (TPSA) is 38.5 Å².